The van der Waals surface area contributed by atoms with Gasteiger partial charge >= 0.3 is 0 Å². The van der Waals surface area contributed by atoms with Gasteiger partial charge in [-0.1, -0.05) is 0 Å². The van der Waals surface area contributed by atoms with E-state index in [2.05, 4.69) is 15.5 Å². The van der Waals surface area contributed by atoms with Crippen molar-refractivity contribution in [2.24, 2.45) is 0 Å². The Bertz CT molecular complexity index is 588. The first-order valence-electron chi connectivity index (χ1n) is 6.14. The first-order chi connectivity index (χ1) is 9.65. The largest absolute Gasteiger partial charge is 0.388 e. The Morgan fingerprint density at radius 1 is 1.15 bits per heavy atom. The number of aliphatic hydroxyl groups is 2. The van der Waals surface area contributed by atoms with E-state index in [1.807, 2.05) is 0 Å². The van der Waals surface area contributed by atoms with Gasteiger partial charge < -0.3 is 15.1 Å². The molecule has 2 N–H and O–H groups in total. The predicted octanol–water partition coefficient (Wildman–Crippen LogP) is -1.16. The van der Waals surface area contributed by atoms with Crippen LogP contribution in [-0.2, 0) is 0 Å². The highest BCUT2D eigenvalue weighted by atomic mass is 16.3. The summed E-state index contributed by atoms with van der Waals surface area (Å²) in [4.78, 5) is 13.6. The van der Waals surface area contributed by atoms with E-state index in [-0.39, 0.29) is 19.0 Å². The summed E-state index contributed by atoms with van der Waals surface area (Å²) in [5.41, 5.74) is 1.23. The molecule has 104 valence electrons. The Balaban J connectivity index is 1.76. The van der Waals surface area contributed by atoms with Crippen LogP contribution in [0.15, 0.2) is 30.6 Å². The fourth-order valence-electron chi connectivity index (χ4n) is 2.15. The number of hydrogen-bond acceptors (Lipinski definition) is 6. The quantitative estimate of drug-likeness (QED) is 0.716. The van der Waals surface area contributed by atoms with Crippen LogP contribution in [0, 0.1) is 0 Å². The first kappa shape index (κ1) is 12.7. The van der Waals surface area contributed by atoms with Crippen LogP contribution in [-0.4, -0.2) is 66.5 Å². The van der Waals surface area contributed by atoms with Crippen molar-refractivity contribution in [1.82, 2.24) is 25.1 Å². The minimum absolute atomic E-state index is 0.148. The molecule has 1 amide bonds. The van der Waals surface area contributed by atoms with Crippen LogP contribution in [0.25, 0.3) is 5.69 Å². The fraction of sp³-hybridized carbons (Fsp3) is 0.333. The topological polar surface area (TPSA) is 104 Å². The zero-order valence-electron chi connectivity index (χ0n) is 10.5. The van der Waals surface area contributed by atoms with Crippen molar-refractivity contribution in [2.45, 2.75) is 12.2 Å². The van der Waals surface area contributed by atoms with Crippen molar-refractivity contribution < 1.29 is 15.0 Å². The van der Waals surface area contributed by atoms with Gasteiger partial charge in [-0.05, 0) is 34.7 Å². The number of benzene rings is 1. The Kier molecular flexibility index (Phi) is 3.17. The molecule has 2 aromatic rings. The third-order valence-electron chi connectivity index (χ3n) is 3.27. The standard InChI is InChI=1S/C12H13N5O3/c18-10-5-16(6-11(10)19)12(20)8-1-3-9(4-2-8)17-7-13-14-15-17/h1-4,7,10-11,18-19H,5-6H2/t10-,11+. The minimum atomic E-state index is -0.876. The summed E-state index contributed by atoms with van der Waals surface area (Å²) in [6.07, 6.45) is -0.289. The van der Waals surface area contributed by atoms with E-state index in [0.717, 1.165) is 5.69 Å². The molecule has 2 heterocycles. The molecule has 1 aromatic heterocycles. The molecular weight excluding hydrogens is 262 g/mol. The number of hydrogen-bond donors (Lipinski definition) is 2. The highest BCUT2D eigenvalue weighted by molar-refractivity contribution is 5.94. The van der Waals surface area contributed by atoms with Crippen LogP contribution in [0.4, 0.5) is 0 Å². The molecule has 0 spiro atoms. The smallest absolute Gasteiger partial charge is 0.254 e. The molecule has 0 aliphatic carbocycles. The third-order valence-corrected chi connectivity index (χ3v) is 3.27. The fourth-order valence-corrected chi connectivity index (χ4v) is 2.15. The van der Waals surface area contributed by atoms with Gasteiger partial charge in [0, 0.05) is 18.7 Å². The van der Waals surface area contributed by atoms with Crippen molar-refractivity contribution in [3.8, 4) is 5.69 Å². The maximum atomic E-state index is 12.2. The van der Waals surface area contributed by atoms with Crippen LogP contribution in [0.5, 0.6) is 0 Å². The molecule has 8 heteroatoms. The third kappa shape index (κ3) is 2.26. The first-order valence-corrected chi connectivity index (χ1v) is 6.14. The van der Waals surface area contributed by atoms with Gasteiger partial charge in [0.25, 0.3) is 5.91 Å². The minimum Gasteiger partial charge on any atom is -0.388 e. The highest BCUT2D eigenvalue weighted by Gasteiger charge is 2.32. The Morgan fingerprint density at radius 3 is 2.35 bits per heavy atom. The van der Waals surface area contributed by atoms with E-state index in [1.54, 1.807) is 24.3 Å². The maximum Gasteiger partial charge on any atom is 0.254 e. The van der Waals surface area contributed by atoms with Gasteiger partial charge in [-0.25, -0.2) is 4.68 Å². The van der Waals surface area contributed by atoms with Crippen LogP contribution in [0.1, 0.15) is 10.4 Å². The second-order valence-corrected chi connectivity index (χ2v) is 4.65. The number of aromatic nitrogens is 4. The van der Waals surface area contributed by atoms with E-state index >= 15 is 0 Å². The van der Waals surface area contributed by atoms with Gasteiger partial charge in [0.15, 0.2) is 0 Å². The summed E-state index contributed by atoms with van der Waals surface area (Å²) >= 11 is 0. The molecule has 0 radical (unpaired) electrons. The molecule has 1 aliphatic heterocycles. The molecule has 0 bridgehead atoms. The average Bonchev–Trinajstić information content (AvgIpc) is 3.09. The van der Waals surface area contributed by atoms with Crippen LogP contribution < -0.4 is 0 Å². The van der Waals surface area contributed by atoms with Gasteiger partial charge in [0.05, 0.1) is 17.9 Å². The van der Waals surface area contributed by atoms with Crippen molar-refractivity contribution >= 4 is 5.91 Å². The molecular formula is C12H13N5O3. The number of nitrogens with zero attached hydrogens (tertiary/aromatic N) is 5. The Labute approximate surface area is 114 Å². The van der Waals surface area contributed by atoms with Crippen molar-refractivity contribution in [3.63, 3.8) is 0 Å². The highest BCUT2D eigenvalue weighted by Crippen LogP contribution is 2.15. The predicted molar refractivity (Wildman–Crippen MR) is 67.1 cm³/mol. The number of rotatable bonds is 2. The Hall–Kier alpha value is -2.32. The van der Waals surface area contributed by atoms with Gasteiger partial charge in [-0.3, -0.25) is 4.79 Å². The van der Waals surface area contributed by atoms with Crippen molar-refractivity contribution in [2.75, 3.05) is 13.1 Å². The summed E-state index contributed by atoms with van der Waals surface area (Å²) in [6.45, 7) is 0.295. The molecule has 2 atom stereocenters. The SMILES string of the molecule is O=C(c1ccc(-n2cnnn2)cc1)N1C[C@@H](O)[C@@H](O)C1. The van der Waals surface area contributed by atoms with E-state index < -0.39 is 12.2 Å². The average molecular weight is 275 g/mol. The summed E-state index contributed by atoms with van der Waals surface area (Å²) < 4.78 is 1.48. The van der Waals surface area contributed by atoms with E-state index in [9.17, 15) is 15.0 Å². The number of β-amino-alcohol motifs (C(OH)–C–C–N with tert-alkyl or cyclic N) is 2. The monoisotopic (exact) mass is 275 g/mol. The molecule has 8 nitrogen and oxygen atoms in total. The zero-order valence-corrected chi connectivity index (χ0v) is 10.5. The summed E-state index contributed by atoms with van der Waals surface area (Å²) in [5, 5.41) is 29.8. The lowest BCUT2D eigenvalue weighted by atomic mass is 10.2. The second-order valence-electron chi connectivity index (χ2n) is 4.65. The van der Waals surface area contributed by atoms with Gasteiger partial charge in [0.1, 0.15) is 6.33 Å². The van der Waals surface area contributed by atoms with E-state index in [1.165, 1.54) is 15.9 Å². The zero-order chi connectivity index (χ0) is 14.1. The summed E-state index contributed by atoms with van der Waals surface area (Å²) in [5.74, 6) is -0.219. The van der Waals surface area contributed by atoms with Gasteiger partial charge in [-0.2, -0.15) is 0 Å². The molecule has 1 aliphatic rings. The van der Waals surface area contributed by atoms with Crippen molar-refractivity contribution in [1.29, 1.82) is 0 Å². The summed E-state index contributed by atoms with van der Waals surface area (Å²) in [7, 11) is 0. The van der Waals surface area contributed by atoms with Gasteiger partial charge in [-0.15, -0.1) is 5.10 Å². The number of carbonyl (C=O) groups is 1. The Morgan fingerprint density at radius 2 is 1.80 bits per heavy atom. The normalized spacial score (nSPS) is 22.2. The van der Waals surface area contributed by atoms with Crippen LogP contribution >= 0.6 is 0 Å². The number of likely N-dealkylation sites (tertiary alicyclic amines) is 1. The number of carbonyl (C=O) groups excluding carboxylic acids is 1. The maximum absolute atomic E-state index is 12.2. The molecule has 0 unspecified atom stereocenters. The van der Waals surface area contributed by atoms with Gasteiger partial charge in [0.2, 0.25) is 0 Å². The van der Waals surface area contributed by atoms with E-state index in [4.69, 9.17) is 0 Å². The molecule has 1 saturated heterocycles. The summed E-state index contributed by atoms with van der Waals surface area (Å²) in [6, 6.07) is 6.78. The van der Waals surface area contributed by atoms with Crippen LogP contribution in [0.3, 0.4) is 0 Å². The molecule has 1 fully saturated rings. The molecule has 0 saturated carbocycles. The lowest BCUT2D eigenvalue weighted by molar-refractivity contribution is 0.0572. The number of amides is 1. The lowest BCUT2D eigenvalue weighted by Crippen LogP contribution is -2.29. The second kappa shape index (κ2) is 4.99. The number of aliphatic hydroxyl groups excluding tert-OH is 2. The van der Waals surface area contributed by atoms with Crippen LogP contribution in [0.2, 0.25) is 0 Å². The lowest BCUT2D eigenvalue weighted by Gasteiger charge is -2.15. The number of tetrazole rings is 1. The molecule has 3 rings (SSSR count). The van der Waals surface area contributed by atoms with Crippen molar-refractivity contribution in [3.05, 3.63) is 36.2 Å². The van der Waals surface area contributed by atoms with E-state index in [0.29, 0.717) is 5.56 Å². The molecule has 1 aromatic carbocycles. The molecule has 20 heavy (non-hydrogen) atoms.